The van der Waals surface area contributed by atoms with Gasteiger partial charge in [0.05, 0.1) is 5.56 Å². The number of carbonyl (C=O) groups excluding carboxylic acids is 1. The zero-order chi connectivity index (χ0) is 14.6. The zero-order valence-corrected chi connectivity index (χ0v) is 12.2. The smallest absolute Gasteiger partial charge is 0.338 e. The van der Waals surface area contributed by atoms with Gasteiger partial charge in [-0.15, -0.1) is 0 Å². The number of anilines is 2. The molecule has 0 spiro atoms. The number of rotatable bonds is 2. The van der Waals surface area contributed by atoms with E-state index in [1.165, 1.54) is 19.3 Å². The Labute approximate surface area is 124 Å². The quantitative estimate of drug-likeness (QED) is 0.647. The van der Waals surface area contributed by atoms with Gasteiger partial charge in [0.2, 0.25) is 0 Å². The van der Waals surface area contributed by atoms with Crippen LogP contribution in [-0.2, 0) is 4.74 Å². The van der Waals surface area contributed by atoms with Crippen LogP contribution in [0.15, 0.2) is 18.2 Å². The minimum Gasteiger partial charge on any atom is -0.455 e. The highest BCUT2D eigenvalue weighted by atomic mass is 16.6. The summed E-state index contributed by atoms with van der Waals surface area (Å²) in [6.07, 6.45) is 7.14. The predicted molar refractivity (Wildman–Crippen MR) is 81.6 cm³/mol. The third-order valence-corrected chi connectivity index (χ3v) is 5.50. The van der Waals surface area contributed by atoms with Gasteiger partial charge in [-0.3, -0.25) is 0 Å². The Bertz CT molecular complexity index is 541. The molecule has 4 saturated carbocycles. The first-order valence-corrected chi connectivity index (χ1v) is 7.91. The Morgan fingerprint density at radius 3 is 1.90 bits per heavy atom. The van der Waals surface area contributed by atoms with E-state index in [9.17, 15) is 4.79 Å². The van der Waals surface area contributed by atoms with Crippen LogP contribution in [0.4, 0.5) is 11.4 Å². The topological polar surface area (TPSA) is 78.3 Å². The van der Waals surface area contributed by atoms with Gasteiger partial charge < -0.3 is 16.2 Å². The monoisotopic (exact) mass is 286 g/mol. The minimum absolute atomic E-state index is 0.217. The molecule has 4 heteroatoms. The summed E-state index contributed by atoms with van der Waals surface area (Å²) < 4.78 is 6.00. The summed E-state index contributed by atoms with van der Waals surface area (Å²) in [7, 11) is 0. The molecule has 4 N–H and O–H groups in total. The number of nitrogen functional groups attached to an aromatic ring is 2. The van der Waals surface area contributed by atoms with E-state index < -0.39 is 0 Å². The van der Waals surface area contributed by atoms with Crippen LogP contribution in [0.1, 0.15) is 48.9 Å². The van der Waals surface area contributed by atoms with Crippen LogP contribution in [0.2, 0.25) is 0 Å². The van der Waals surface area contributed by atoms with E-state index in [2.05, 4.69) is 0 Å². The molecule has 4 fully saturated rings. The van der Waals surface area contributed by atoms with Gasteiger partial charge in [0.1, 0.15) is 5.60 Å². The van der Waals surface area contributed by atoms with E-state index in [1.807, 2.05) is 0 Å². The number of carbonyl (C=O) groups is 1. The molecule has 5 rings (SSSR count). The molecule has 21 heavy (non-hydrogen) atoms. The van der Waals surface area contributed by atoms with E-state index in [-0.39, 0.29) is 11.6 Å². The van der Waals surface area contributed by atoms with E-state index in [0.717, 1.165) is 37.0 Å². The summed E-state index contributed by atoms with van der Waals surface area (Å²) in [4.78, 5) is 12.5. The summed E-state index contributed by atoms with van der Waals surface area (Å²) in [6, 6.07) is 4.96. The lowest BCUT2D eigenvalue weighted by molar-refractivity contribution is -0.131. The number of hydrogen-bond donors (Lipinski definition) is 2. The van der Waals surface area contributed by atoms with Crippen LogP contribution < -0.4 is 11.5 Å². The van der Waals surface area contributed by atoms with Crippen molar-refractivity contribution in [2.24, 2.45) is 17.8 Å². The Morgan fingerprint density at radius 1 is 0.952 bits per heavy atom. The van der Waals surface area contributed by atoms with Gasteiger partial charge in [-0.2, -0.15) is 0 Å². The Hall–Kier alpha value is -1.71. The van der Waals surface area contributed by atoms with Crippen molar-refractivity contribution in [3.63, 3.8) is 0 Å². The van der Waals surface area contributed by atoms with Crippen LogP contribution in [0.25, 0.3) is 0 Å². The van der Waals surface area contributed by atoms with Crippen LogP contribution in [0, 0.1) is 17.8 Å². The first-order chi connectivity index (χ1) is 10.0. The molecule has 112 valence electrons. The third kappa shape index (κ3) is 2.27. The molecule has 0 aliphatic heterocycles. The Balaban J connectivity index is 1.56. The summed E-state index contributed by atoms with van der Waals surface area (Å²) in [5.41, 5.74) is 12.8. The van der Waals surface area contributed by atoms with Gasteiger partial charge in [-0.05, 0) is 74.5 Å². The SMILES string of the molecule is Nc1cc(N)cc(C(=O)OC23CC4CC(CC(C4)C2)C3)c1. The molecule has 0 amide bonds. The van der Waals surface area contributed by atoms with Crippen molar-refractivity contribution in [2.45, 2.75) is 44.1 Å². The number of ether oxygens (including phenoxy) is 1. The second kappa shape index (κ2) is 4.39. The van der Waals surface area contributed by atoms with E-state index in [0.29, 0.717) is 16.9 Å². The number of benzene rings is 1. The largest absolute Gasteiger partial charge is 0.455 e. The van der Waals surface area contributed by atoms with Gasteiger partial charge >= 0.3 is 5.97 Å². The molecule has 4 bridgehead atoms. The zero-order valence-electron chi connectivity index (χ0n) is 12.2. The third-order valence-electron chi connectivity index (χ3n) is 5.50. The van der Waals surface area contributed by atoms with Crippen LogP contribution in [0.5, 0.6) is 0 Å². The molecule has 0 atom stereocenters. The minimum atomic E-state index is -0.268. The first-order valence-electron chi connectivity index (χ1n) is 7.91. The average molecular weight is 286 g/mol. The molecular weight excluding hydrogens is 264 g/mol. The Kier molecular flexibility index (Phi) is 2.72. The molecule has 0 radical (unpaired) electrons. The maximum atomic E-state index is 12.5. The van der Waals surface area contributed by atoms with E-state index in [4.69, 9.17) is 16.2 Å². The molecule has 4 aliphatic rings. The van der Waals surface area contributed by atoms with Crippen molar-refractivity contribution < 1.29 is 9.53 Å². The van der Waals surface area contributed by atoms with Crippen molar-refractivity contribution in [2.75, 3.05) is 11.5 Å². The molecular formula is C17H22N2O2. The van der Waals surface area contributed by atoms with E-state index in [1.54, 1.807) is 18.2 Å². The lowest BCUT2D eigenvalue weighted by Gasteiger charge is -2.55. The molecule has 1 aromatic rings. The fourth-order valence-electron chi connectivity index (χ4n) is 5.21. The normalized spacial score (nSPS) is 36.7. The molecule has 0 saturated heterocycles. The fourth-order valence-corrected chi connectivity index (χ4v) is 5.21. The Morgan fingerprint density at radius 2 is 1.43 bits per heavy atom. The molecule has 0 aromatic heterocycles. The average Bonchev–Trinajstić information content (AvgIpc) is 2.35. The summed E-state index contributed by atoms with van der Waals surface area (Å²) in [5, 5.41) is 0. The van der Waals surface area contributed by atoms with Gasteiger partial charge in [0.25, 0.3) is 0 Å². The molecule has 0 unspecified atom stereocenters. The number of nitrogens with two attached hydrogens (primary N) is 2. The lowest BCUT2D eigenvalue weighted by atomic mass is 9.54. The van der Waals surface area contributed by atoms with Crippen LogP contribution >= 0.6 is 0 Å². The highest BCUT2D eigenvalue weighted by Crippen LogP contribution is 2.57. The molecule has 4 aliphatic carbocycles. The fraction of sp³-hybridized carbons (Fsp3) is 0.588. The van der Waals surface area contributed by atoms with Crippen molar-refractivity contribution in [3.05, 3.63) is 23.8 Å². The second-order valence-corrected chi connectivity index (χ2v) is 7.38. The van der Waals surface area contributed by atoms with Crippen molar-refractivity contribution in [1.29, 1.82) is 0 Å². The summed E-state index contributed by atoms with van der Waals surface area (Å²) >= 11 is 0. The molecule has 1 aromatic carbocycles. The number of hydrogen-bond acceptors (Lipinski definition) is 4. The maximum absolute atomic E-state index is 12.5. The summed E-state index contributed by atoms with van der Waals surface area (Å²) in [6.45, 7) is 0. The van der Waals surface area contributed by atoms with Crippen molar-refractivity contribution in [3.8, 4) is 0 Å². The molecule has 0 heterocycles. The number of esters is 1. The van der Waals surface area contributed by atoms with Gasteiger partial charge in [-0.25, -0.2) is 4.79 Å². The van der Waals surface area contributed by atoms with Crippen molar-refractivity contribution >= 4 is 17.3 Å². The van der Waals surface area contributed by atoms with Crippen molar-refractivity contribution in [1.82, 2.24) is 0 Å². The second-order valence-electron chi connectivity index (χ2n) is 7.38. The van der Waals surface area contributed by atoms with Gasteiger partial charge in [0.15, 0.2) is 0 Å². The van der Waals surface area contributed by atoms with Crippen LogP contribution in [0.3, 0.4) is 0 Å². The van der Waals surface area contributed by atoms with Gasteiger partial charge in [0, 0.05) is 11.4 Å². The highest BCUT2D eigenvalue weighted by molar-refractivity contribution is 5.92. The lowest BCUT2D eigenvalue weighted by Crippen LogP contribution is -2.52. The first kappa shape index (κ1) is 13.0. The van der Waals surface area contributed by atoms with Gasteiger partial charge in [-0.1, -0.05) is 0 Å². The summed E-state index contributed by atoms with van der Waals surface area (Å²) in [5.74, 6) is 2.01. The van der Waals surface area contributed by atoms with E-state index >= 15 is 0 Å². The standard InChI is InChI=1S/C17H22N2O2/c18-14-4-13(5-15(19)6-14)16(20)21-17-7-10-1-11(8-17)3-12(2-10)9-17/h4-6,10-12H,1-3,7-9,18-19H2. The molecule has 4 nitrogen and oxygen atoms in total. The van der Waals surface area contributed by atoms with Crippen LogP contribution in [-0.4, -0.2) is 11.6 Å². The predicted octanol–water partition coefficient (Wildman–Crippen LogP) is 2.98. The highest BCUT2D eigenvalue weighted by Gasteiger charge is 2.53. The maximum Gasteiger partial charge on any atom is 0.338 e.